The summed E-state index contributed by atoms with van der Waals surface area (Å²) in [5.74, 6) is -1.15. The maximum atomic E-state index is 12.5. The van der Waals surface area contributed by atoms with E-state index in [1.54, 1.807) is 19.1 Å². The molecule has 7 heteroatoms. The van der Waals surface area contributed by atoms with Gasteiger partial charge in [-0.3, -0.25) is 9.59 Å². The number of rotatable bonds is 7. The smallest absolute Gasteiger partial charge is 0.321 e. The first kappa shape index (κ1) is 21.8. The molecule has 0 radical (unpaired) electrons. The highest BCUT2D eigenvalue weighted by Crippen LogP contribution is 2.16. The highest BCUT2D eigenvalue weighted by Gasteiger charge is 2.23. The van der Waals surface area contributed by atoms with Gasteiger partial charge in [-0.15, -0.1) is 0 Å². The zero-order chi connectivity index (χ0) is 21.1. The van der Waals surface area contributed by atoms with Crippen molar-refractivity contribution in [3.63, 3.8) is 0 Å². The summed E-state index contributed by atoms with van der Waals surface area (Å²) in [5.41, 5.74) is 3.99. The van der Waals surface area contributed by atoms with Crippen molar-refractivity contribution in [2.75, 3.05) is 6.54 Å². The van der Waals surface area contributed by atoms with Gasteiger partial charge >= 0.3 is 5.97 Å². The highest BCUT2D eigenvalue weighted by molar-refractivity contribution is 7.89. The number of carbonyl (C=O) groups excluding carboxylic acids is 2. The standard InChI is InChI=1S/C21H25NO5S/c1-13-6-7-15(3)19(10-13)21(24)17(5)27-20(23)12-22-28(25,26)18-9-8-14(2)16(4)11-18/h6-11,17,22H,12H2,1-5H3/t17-/m1/s1. The number of Topliss-reactive ketones (excluding diaryl/α,β-unsaturated/α-hetero) is 1. The van der Waals surface area contributed by atoms with E-state index in [1.807, 2.05) is 32.9 Å². The molecule has 2 rings (SSSR count). The molecule has 0 bridgehead atoms. The number of esters is 1. The van der Waals surface area contributed by atoms with Gasteiger partial charge in [0.1, 0.15) is 6.54 Å². The number of hydrogen-bond acceptors (Lipinski definition) is 5. The van der Waals surface area contributed by atoms with Gasteiger partial charge in [0.15, 0.2) is 6.10 Å². The topological polar surface area (TPSA) is 89.5 Å². The van der Waals surface area contributed by atoms with Crippen molar-refractivity contribution < 1.29 is 22.7 Å². The summed E-state index contributed by atoms with van der Waals surface area (Å²) < 4.78 is 32.0. The van der Waals surface area contributed by atoms with Crippen molar-refractivity contribution in [1.29, 1.82) is 0 Å². The predicted octanol–water partition coefficient (Wildman–Crippen LogP) is 3.01. The fourth-order valence-corrected chi connectivity index (χ4v) is 3.68. The Morgan fingerprint density at radius 2 is 1.61 bits per heavy atom. The molecule has 0 aliphatic heterocycles. The van der Waals surface area contributed by atoms with E-state index in [9.17, 15) is 18.0 Å². The minimum atomic E-state index is -3.85. The summed E-state index contributed by atoms with van der Waals surface area (Å²) in [4.78, 5) is 24.6. The van der Waals surface area contributed by atoms with E-state index in [-0.39, 0.29) is 10.7 Å². The lowest BCUT2D eigenvalue weighted by Crippen LogP contribution is -2.34. The van der Waals surface area contributed by atoms with Crippen LogP contribution in [0.3, 0.4) is 0 Å². The molecule has 0 aromatic heterocycles. The van der Waals surface area contributed by atoms with Crippen molar-refractivity contribution in [2.24, 2.45) is 0 Å². The quantitative estimate of drug-likeness (QED) is 0.567. The molecule has 0 fully saturated rings. The van der Waals surface area contributed by atoms with E-state index in [1.165, 1.54) is 19.1 Å². The van der Waals surface area contributed by atoms with Gasteiger partial charge in [0, 0.05) is 5.56 Å². The lowest BCUT2D eigenvalue weighted by Gasteiger charge is -2.15. The normalized spacial score (nSPS) is 12.5. The maximum Gasteiger partial charge on any atom is 0.321 e. The third kappa shape index (κ3) is 5.27. The van der Waals surface area contributed by atoms with E-state index >= 15 is 0 Å². The summed E-state index contributed by atoms with van der Waals surface area (Å²) in [6.45, 7) is 8.28. The summed E-state index contributed by atoms with van der Waals surface area (Å²) in [7, 11) is -3.85. The van der Waals surface area contributed by atoms with Gasteiger partial charge < -0.3 is 4.74 Å². The molecule has 0 heterocycles. The molecule has 0 spiro atoms. The lowest BCUT2D eigenvalue weighted by atomic mass is 9.99. The van der Waals surface area contributed by atoms with Crippen molar-refractivity contribution >= 4 is 21.8 Å². The number of benzene rings is 2. The molecule has 6 nitrogen and oxygen atoms in total. The molecule has 0 saturated heterocycles. The van der Waals surface area contributed by atoms with Crippen LogP contribution in [-0.2, 0) is 19.6 Å². The highest BCUT2D eigenvalue weighted by atomic mass is 32.2. The Labute approximate surface area is 166 Å². The molecule has 0 aliphatic carbocycles. The number of hydrogen-bond donors (Lipinski definition) is 1. The second kappa shape index (κ2) is 8.67. The summed E-state index contributed by atoms with van der Waals surface area (Å²) in [6, 6.07) is 10.2. The van der Waals surface area contributed by atoms with E-state index < -0.39 is 28.6 Å². The Balaban J connectivity index is 2.00. The zero-order valence-electron chi connectivity index (χ0n) is 16.7. The molecule has 0 unspecified atom stereocenters. The molecule has 28 heavy (non-hydrogen) atoms. The monoisotopic (exact) mass is 403 g/mol. The second-order valence-electron chi connectivity index (χ2n) is 6.89. The Kier molecular flexibility index (Phi) is 6.74. The van der Waals surface area contributed by atoms with E-state index in [0.29, 0.717) is 5.56 Å². The van der Waals surface area contributed by atoms with Crippen LogP contribution in [0, 0.1) is 27.7 Å². The molecule has 2 aromatic rings. The van der Waals surface area contributed by atoms with Gasteiger partial charge in [-0.25, -0.2) is 8.42 Å². The van der Waals surface area contributed by atoms with Gasteiger partial charge in [0.05, 0.1) is 4.90 Å². The van der Waals surface area contributed by atoms with Crippen LogP contribution in [0.5, 0.6) is 0 Å². The molecule has 0 saturated carbocycles. The Bertz CT molecular complexity index is 1010. The van der Waals surface area contributed by atoms with Crippen LogP contribution in [0.4, 0.5) is 0 Å². The molecule has 2 aromatic carbocycles. The van der Waals surface area contributed by atoms with Crippen LogP contribution in [0.25, 0.3) is 0 Å². The average molecular weight is 404 g/mol. The second-order valence-corrected chi connectivity index (χ2v) is 8.65. The number of sulfonamides is 1. The van der Waals surface area contributed by atoms with Crippen LogP contribution >= 0.6 is 0 Å². The van der Waals surface area contributed by atoms with Crippen molar-refractivity contribution in [3.05, 3.63) is 64.2 Å². The van der Waals surface area contributed by atoms with Gasteiger partial charge in [0.2, 0.25) is 15.8 Å². The first-order chi connectivity index (χ1) is 13.0. The maximum absolute atomic E-state index is 12.5. The first-order valence-corrected chi connectivity index (χ1v) is 10.4. The SMILES string of the molecule is Cc1ccc(C)c(C(=O)[C@@H](C)OC(=O)CNS(=O)(=O)c2ccc(C)c(C)c2)c1. The number of ketones is 1. The van der Waals surface area contributed by atoms with Crippen LogP contribution in [-0.4, -0.2) is 32.8 Å². The van der Waals surface area contributed by atoms with Crippen LogP contribution < -0.4 is 4.72 Å². The average Bonchev–Trinajstić information content (AvgIpc) is 2.63. The largest absolute Gasteiger partial charge is 0.453 e. The van der Waals surface area contributed by atoms with Crippen LogP contribution in [0.2, 0.25) is 0 Å². The number of ether oxygens (including phenoxy) is 1. The van der Waals surface area contributed by atoms with Crippen LogP contribution in [0.1, 0.15) is 39.5 Å². The minimum absolute atomic E-state index is 0.0721. The van der Waals surface area contributed by atoms with Gasteiger partial charge in [-0.05, 0) is 69.5 Å². The molecular weight excluding hydrogens is 378 g/mol. The Morgan fingerprint density at radius 1 is 0.964 bits per heavy atom. The summed E-state index contributed by atoms with van der Waals surface area (Å²) >= 11 is 0. The predicted molar refractivity (Wildman–Crippen MR) is 107 cm³/mol. The lowest BCUT2D eigenvalue weighted by molar-refractivity contribution is -0.144. The van der Waals surface area contributed by atoms with E-state index in [0.717, 1.165) is 22.3 Å². The molecule has 0 aliphatic rings. The number of aryl methyl sites for hydroxylation is 4. The molecule has 1 atom stereocenters. The number of nitrogens with one attached hydrogen (secondary N) is 1. The first-order valence-electron chi connectivity index (χ1n) is 8.89. The fraction of sp³-hybridized carbons (Fsp3) is 0.333. The molecular formula is C21H25NO5S. The fourth-order valence-electron chi connectivity index (χ4n) is 2.63. The van der Waals surface area contributed by atoms with Gasteiger partial charge in [-0.2, -0.15) is 4.72 Å². The molecule has 0 amide bonds. The van der Waals surface area contributed by atoms with Gasteiger partial charge in [0.25, 0.3) is 0 Å². The zero-order valence-corrected chi connectivity index (χ0v) is 17.5. The minimum Gasteiger partial charge on any atom is -0.453 e. The third-order valence-corrected chi connectivity index (χ3v) is 5.93. The van der Waals surface area contributed by atoms with Crippen molar-refractivity contribution in [2.45, 2.75) is 45.6 Å². The summed E-state index contributed by atoms with van der Waals surface area (Å²) in [6.07, 6.45) is -1.01. The molecule has 1 N–H and O–H groups in total. The Hall–Kier alpha value is -2.51. The number of carbonyl (C=O) groups is 2. The van der Waals surface area contributed by atoms with E-state index in [2.05, 4.69) is 4.72 Å². The van der Waals surface area contributed by atoms with E-state index in [4.69, 9.17) is 4.74 Å². The van der Waals surface area contributed by atoms with Crippen molar-refractivity contribution in [3.8, 4) is 0 Å². The van der Waals surface area contributed by atoms with Gasteiger partial charge in [-0.1, -0.05) is 23.8 Å². The molecule has 150 valence electrons. The van der Waals surface area contributed by atoms with Crippen LogP contribution in [0.15, 0.2) is 41.3 Å². The third-order valence-electron chi connectivity index (χ3n) is 4.53. The Morgan fingerprint density at radius 3 is 2.25 bits per heavy atom. The van der Waals surface area contributed by atoms with Crippen molar-refractivity contribution in [1.82, 2.24) is 4.72 Å². The summed E-state index contributed by atoms with van der Waals surface area (Å²) in [5, 5.41) is 0.